The highest BCUT2D eigenvalue weighted by Crippen LogP contribution is 2.46. The maximum atomic E-state index is 5.27. The van der Waals surface area contributed by atoms with Crippen LogP contribution in [0.25, 0.3) is 5.57 Å². The molecule has 0 radical (unpaired) electrons. The number of methoxy groups -OCH3 is 1. The fourth-order valence-electron chi connectivity index (χ4n) is 2.90. The van der Waals surface area contributed by atoms with Crippen molar-refractivity contribution in [2.24, 2.45) is 0 Å². The molecule has 24 heavy (non-hydrogen) atoms. The Morgan fingerprint density at radius 2 is 1.71 bits per heavy atom. The third kappa shape index (κ3) is 2.83. The molecule has 1 unspecified atom stereocenters. The molecular formula is C21H17NOS. The van der Waals surface area contributed by atoms with Gasteiger partial charge >= 0.3 is 0 Å². The summed E-state index contributed by atoms with van der Waals surface area (Å²) in [5.74, 6) is 0.883. The highest BCUT2D eigenvalue weighted by molar-refractivity contribution is 7.99. The molecule has 2 aromatic carbocycles. The van der Waals surface area contributed by atoms with E-state index >= 15 is 0 Å². The quantitative estimate of drug-likeness (QED) is 0.644. The third-order valence-corrected chi connectivity index (χ3v) is 5.37. The number of aromatic nitrogens is 1. The van der Waals surface area contributed by atoms with E-state index in [1.807, 2.05) is 42.2 Å². The predicted molar refractivity (Wildman–Crippen MR) is 99.4 cm³/mol. The number of ether oxygens (including phenoxy) is 1. The number of hydrogen-bond donors (Lipinski definition) is 0. The molecule has 2 heterocycles. The first-order valence-electron chi connectivity index (χ1n) is 7.88. The zero-order valence-electron chi connectivity index (χ0n) is 13.3. The van der Waals surface area contributed by atoms with Gasteiger partial charge in [-0.05, 0) is 35.4 Å². The molecule has 3 aromatic rings. The zero-order valence-corrected chi connectivity index (χ0v) is 14.2. The summed E-state index contributed by atoms with van der Waals surface area (Å²) in [4.78, 5) is 5.85. The van der Waals surface area contributed by atoms with Gasteiger partial charge in [-0.3, -0.25) is 4.98 Å². The number of benzene rings is 2. The molecule has 2 nitrogen and oxygen atoms in total. The number of hydrogen-bond acceptors (Lipinski definition) is 3. The van der Waals surface area contributed by atoms with Gasteiger partial charge in [-0.2, -0.15) is 0 Å². The fourth-order valence-corrected chi connectivity index (χ4v) is 4.10. The van der Waals surface area contributed by atoms with Crippen molar-refractivity contribution in [3.8, 4) is 5.75 Å². The Labute approximate surface area is 146 Å². The van der Waals surface area contributed by atoms with Crippen molar-refractivity contribution in [3.63, 3.8) is 0 Å². The summed E-state index contributed by atoms with van der Waals surface area (Å²) in [5.41, 5.74) is 4.74. The summed E-state index contributed by atoms with van der Waals surface area (Å²) >= 11 is 1.84. The first-order chi connectivity index (χ1) is 11.8. The molecule has 3 heteroatoms. The van der Waals surface area contributed by atoms with Gasteiger partial charge in [-0.1, -0.05) is 48.5 Å². The van der Waals surface area contributed by atoms with E-state index in [1.54, 1.807) is 7.11 Å². The Morgan fingerprint density at radius 1 is 0.917 bits per heavy atom. The van der Waals surface area contributed by atoms with Gasteiger partial charge in [0.2, 0.25) is 0 Å². The molecule has 0 saturated carbocycles. The van der Waals surface area contributed by atoms with Crippen LogP contribution in [0.2, 0.25) is 0 Å². The van der Waals surface area contributed by atoms with Gasteiger partial charge in [-0.25, -0.2) is 0 Å². The lowest BCUT2D eigenvalue weighted by molar-refractivity contribution is 0.414. The predicted octanol–water partition coefficient (Wildman–Crippen LogP) is 5.37. The summed E-state index contributed by atoms with van der Waals surface area (Å²) in [5, 5.41) is 0.266. The first kappa shape index (κ1) is 15.0. The van der Waals surface area contributed by atoms with Crippen molar-refractivity contribution >= 4 is 17.3 Å². The van der Waals surface area contributed by atoms with Crippen LogP contribution >= 0.6 is 11.8 Å². The summed E-state index contributed by atoms with van der Waals surface area (Å²) < 4.78 is 5.27. The molecule has 0 N–H and O–H groups in total. The van der Waals surface area contributed by atoms with E-state index < -0.39 is 0 Å². The highest BCUT2D eigenvalue weighted by atomic mass is 32.2. The number of fused-ring (bicyclic) bond motifs is 1. The lowest BCUT2D eigenvalue weighted by Gasteiger charge is -2.23. The van der Waals surface area contributed by atoms with Gasteiger partial charge in [-0.15, -0.1) is 11.8 Å². The van der Waals surface area contributed by atoms with E-state index in [2.05, 4.69) is 53.5 Å². The summed E-state index contributed by atoms with van der Waals surface area (Å²) in [7, 11) is 1.69. The average Bonchev–Trinajstić information content (AvgIpc) is 2.68. The zero-order chi connectivity index (χ0) is 16.4. The molecule has 0 fully saturated rings. The van der Waals surface area contributed by atoms with Crippen LogP contribution in [0.1, 0.15) is 22.1 Å². The Morgan fingerprint density at radius 3 is 2.46 bits per heavy atom. The summed E-state index contributed by atoms with van der Waals surface area (Å²) in [6.45, 7) is 0. The van der Waals surface area contributed by atoms with Gasteiger partial charge in [0.05, 0.1) is 18.1 Å². The molecule has 4 rings (SSSR count). The smallest absolute Gasteiger partial charge is 0.118 e. The molecule has 1 aliphatic heterocycles. The Hall–Kier alpha value is -2.52. The molecule has 0 bridgehead atoms. The second-order valence-corrected chi connectivity index (χ2v) is 6.79. The number of nitrogens with zero attached hydrogens (tertiary/aromatic N) is 1. The minimum absolute atomic E-state index is 0.266. The van der Waals surface area contributed by atoms with Crippen LogP contribution in [0.3, 0.4) is 0 Å². The minimum atomic E-state index is 0.266. The lowest BCUT2D eigenvalue weighted by Crippen LogP contribution is -2.03. The summed E-state index contributed by atoms with van der Waals surface area (Å²) in [6.07, 6.45) is 4.18. The van der Waals surface area contributed by atoms with Crippen LogP contribution in [-0.2, 0) is 0 Å². The van der Waals surface area contributed by atoms with Gasteiger partial charge in [0.15, 0.2) is 0 Å². The Kier molecular flexibility index (Phi) is 4.09. The van der Waals surface area contributed by atoms with E-state index in [0.717, 1.165) is 11.4 Å². The SMILES string of the molecule is COc1ccc(C2C=C(c3ccccc3)c3ncccc3S2)cc1. The second-order valence-electron chi connectivity index (χ2n) is 5.61. The van der Waals surface area contributed by atoms with Crippen LogP contribution in [0, 0.1) is 0 Å². The van der Waals surface area contributed by atoms with Crippen LogP contribution in [-0.4, -0.2) is 12.1 Å². The standard InChI is InChI=1S/C21H17NOS/c1-23-17-11-9-16(10-12-17)20-14-18(15-6-3-2-4-7-15)21-19(24-20)8-5-13-22-21/h2-14,20H,1H3. The molecule has 0 amide bonds. The van der Waals surface area contributed by atoms with Crippen molar-refractivity contribution < 1.29 is 4.74 Å². The van der Waals surface area contributed by atoms with Gasteiger partial charge in [0, 0.05) is 16.7 Å². The van der Waals surface area contributed by atoms with Crippen molar-refractivity contribution in [3.05, 3.63) is 95.8 Å². The van der Waals surface area contributed by atoms with Crippen LogP contribution in [0.4, 0.5) is 0 Å². The Balaban J connectivity index is 1.80. The number of pyridine rings is 1. The van der Waals surface area contributed by atoms with Crippen LogP contribution < -0.4 is 4.74 Å². The van der Waals surface area contributed by atoms with Gasteiger partial charge in [0.25, 0.3) is 0 Å². The van der Waals surface area contributed by atoms with Gasteiger partial charge in [0.1, 0.15) is 5.75 Å². The van der Waals surface area contributed by atoms with E-state index in [4.69, 9.17) is 4.74 Å². The van der Waals surface area contributed by atoms with Crippen LogP contribution in [0.15, 0.2) is 83.9 Å². The largest absolute Gasteiger partial charge is 0.497 e. The van der Waals surface area contributed by atoms with Crippen LogP contribution in [0.5, 0.6) is 5.75 Å². The highest BCUT2D eigenvalue weighted by Gasteiger charge is 2.23. The van der Waals surface area contributed by atoms with E-state index in [9.17, 15) is 0 Å². The van der Waals surface area contributed by atoms with E-state index in [1.165, 1.54) is 21.6 Å². The Bertz CT molecular complexity index is 872. The molecule has 0 spiro atoms. The molecule has 1 aliphatic rings. The van der Waals surface area contributed by atoms with Gasteiger partial charge < -0.3 is 4.74 Å². The second kappa shape index (κ2) is 6.54. The van der Waals surface area contributed by atoms with E-state index in [0.29, 0.717) is 0 Å². The van der Waals surface area contributed by atoms with Crippen molar-refractivity contribution in [1.82, 2.24) is 4.98 Å². The van der Waals surface area contributed by atoms with Crippen molar-refractivity contribution in [2.45, 2.75) is 10.1 Å². The molecule has 0 saturated heterocycles. The monoisotopic (exact) mass is 331 g/mol. The minimum Gasteiger partial charge on any atom is -0.497 e. The maximum absolute atomic E-state index is 5.27. The molecular weight excluding hydrogens is 314 g/mol. The summed E-state index contributed by atoms with van der Waals surface area (Å²) in [6, 6.07) is 22.9. The topological polar surface area (TPSA) is 22.1 Å². The number of rotatable bonds is 3. The third-order valence-electron chi connectivity index (χ3n) is 4.13. The maximum Gasteiger partial charge on any atom is 0.118 e. The molecule has 0 aliphatic carbocycles. The van der Waals surface area contributed by atoms with E-state index in [-0.39, 0.29) is 5.25 Å². The average molecular weight is 331 g/mol. The number of thioether (sulfide) groups is 1. The molecule has 1 aromatic heterocycles. The lowest BCUT2D eigenvalue weighted by atomic mass is 9.98. The fraction of sp³-hybridized carbons (Fsp3) is 0.0952. The van der Waals surface area contributed by atoms with Crippen molar-refractivity contribution in [1.29, 1.82) is 0 Å². The van der Waals surface area contributed by atoms with Crippen molar-refractivity contribution in [2.75, 3.05) is 7.11 Å². The first-order valence-corrected chi connectivity index (χ1v) is 8.76. The molecule has 1 atom stereocenters. The molecule has 118 valence electrons. The normalized spacial score (nSPS) is 16.2.